The van der Waals surface area contributed by atoms with Crippen molar-refractivity contribution in [2.24, 2.45) is 0 Å². The summed E-state index contributed by atoms with van der Waals surface area (Å²) in [6, 6.07) is 22.8. The summed E-state index contributed by atoms with van der Waals surface area (Å²) in [6.07, 6.45) is 0.513. The summed E-state index contributed by atoms with van der Waals surface area (Å²) in [5.41, 5.74) is 1.54. The van der Waals surface area contributed by atoms with E-state index in [2.05, 4.69) is 6.07 Å². The van der Waals surface area contributed by atoms with Gasteiger partial charge in [0.15, 0.2) is 0 Å². The summed E-state index contributed by atoms with van der Waals surface area (Å²) >= 11 is 0. The molecule has 0 heterocycles. The molecule has 0 N–H and O–H groups in total. The molecule has 0 aliphatic rings. The third kappa shape index (κ3) is 2.64. The molecular weight excluding hydrogens is 261 g/mol. The Morgan fingerprint density at radius 2 is 1.62 bits per heavy atom. The lowest BCUT2D eigenvalue weighted by atomic mass is 9.90. The van der Waals surface area contributed by atoms with E-state index in [1.54, 1.807) is 18.2 Å². The van der Waals surface area contributed by atoms with Crippen molar-refractivity contribution in [3.8, 4) is 6.07 Å². The molecule has 1 unspecified atom stereocenters. The van der Waals surface area contributed by atoms with Gasteiger partial charge < -0.3 is 0 Å². The van der Waals surface area contributed by atoms with E-state index in [1.165, 1.54) is 6.07 Å². The van der Waals surface area contributed by atoms with Crippen molar-refractivity contribution in [1.29, 1.82) is 5.26 Å². The third-order valence-electron chi connectivity index (χ3n) is 3.74. The molecule has 0 bridgehead atoms. The van der Waals surface area contributed by atoms with Crippen LogP contribution < -0.4 is 0 Å². The largest absolute Gasteiger partial charge is 0.207 e. The second-order valence-corrected chi connectivity index (χ2v) is 5.05. The minimum absolute atomic E-state index is 0.315. The van der Waals surface area contributed by atoms with Crippen molar-refractivity contribution in [1.82, 2.24) is 0 Å². The van der Waals surface area contributed by atoms with Crippen molar-refractivity contribution < 1.29 is 4.39 Å². The van der Waals surface area contributed by atoms with Crippen LogP contribution in [0, 0.1) is 17.1 Å². The maximum Gasteiger partial charge on any atom is 0.127 e. The molecule has 3 aromatic carbocycles. The Hall–Kier alpha value is -2.66. The molecule has 102 valence electrons. The van der Waals surface area contributed by atoms with Gasteiger partial charge in [0.1, 0.15) is 5.82 Å². The number of fused-ring (bicyclic) bond motifs is 1. The van der Waals surface area contributed by atoms with Crippen molar-refractivity contribution in [2.75, 3.05) is 0 Å². The number of hydrogen-bond donors (Lipinski definition) is 0. The van der Waals surface area contributed by atoms with E-state index in [4.69, 9.17) is 0 Å². The molecule has 0 radical (unpaired) electrons. The third-order valence-corrected chi connectivity index (χ3v) is 3.74. The van der Waals surface area contributed by atoms with Crippen molar-refractivity contribution in [3.05, 3.63) is 83.7 Å². The van der Waals surface area contributed by atoms with Gasteiger partial charge in [0, 0.05) is 5.56 Å². The highest BCUT2D eigenvalue weighted by Gasteiger charge is 2.16. The van der Waals surface area contributed by atoms with E-state index < -0.39 is 5.92 Å². The fourth-order valence-electron chi connectivity index (χ4n) is 2.67. The average Bonchev–Trinajstić information content (AvgIpc) is 2.53. The molecule has 0 saturated heterocycles. The predicted octanol–water partition coefficient (Wildman–Crippen LogP) is 4.83. The number of nitrogens with zero attached hydrogens (tertiary/aromatic N) is 1. The minimum Gasteiger partial charge on any atom is -0.207 e. The monoisotopic (exact) mass is 275 g/mol. The van der Waals surface area contributed by atoms with Crippen LogP contribution in [-0.4, -0.2) is 0 Å². The first-order valence-electron chi connectivity index (χ1n) is 6.90. The molecule has 0 aliphatic carbocycles. The van der Waals surface area contributed by atoms with E-state index in [1.807, 2.05) is 42.5 Å². The zero-order valence-electron chi connectivity index (χ0n) is 11.5. The molecule has 1 nitrogen and oxygen atoms in total. The molecule has 0 saturated carbocycles. The van der Waals surface area contributed by atoms with Crippen molar-refractivity contribution in [3.63, 3.8) is 0 Å². The quantitative estimate of drug-likeness (QED) is 0.671. The Labute approximate surface area is 123 Å². The average molecular weight is 275 g/mol. The first-order valence-corrected chi connectivity index (χ1v) is 6.90. The fraction of sp³-hybridized carbons (Fsp3) is 0.105. The van der Waals surface area contributed by atoms with Gasteiger partial charge in [-0.3, -0.25) is 0 Å². The molecule has 1 atom stereocenters. The standard InChI is InChI=1S/C19H14FN/c20-19-11-4-3-10-18(19)16(13-21)12-15-8-5-7-14-6-1-2-9-17(14)15/h1-11,16H,12H2. The summed E-state index contributed by atoms with van der Waals surface area (Å²) in [7, 11) is 0. The highest BCUT2D eigenvalue weighted by atomic mass is 19.1. The van der Waals surface area contributed by atoms with E-state index in [-0.39, 0.29) is 5.82 Å². The molecule has 3 aromatic rings. The summed E-state index contributed by atoms with van der Waals surface area (Å²) < 4.78 is 13.9. The van der Waals surface area contributed by atoms with Gasteiger partial charge in [-0.15, -0.1) is 0 Å². The highest BCUT2D eigenvalue weighted by molar-refractivity contribution is 5.85. The van der Waals surface area contributed by atoms with Crippen LogP contribution in [0.2, 0.25) is 0 Å². The Balaban J connectivity index is 2.01. The van der Waals surface area contributed by atoms with Crippen LogP contribution in [0.3, 0.4) is 0 Å². The zero-order chi connectivity index (χ0) is 14.7. The molecule has 21 heavy (non-hydrogen) atoms. The van der Waals surface area contributed by atoms with Gasteiger partial charge in [-0.25, -0.2) is 4.39 Å². The summed E-state index contributed by atoms with van der Waals surface area (Å²) in [5.74, 6) is -0.790. The van der Waals surface area contributed by atoms with Gasteiger partial charge in [-0.05, 0) is 28.8 Å². The molecule has 2 heteroatoms. The summed E-state index contributed by atoms with van der Waals surface area (Å²) in [5, 5.41) is 11.7. The second kappa shape index (κ2) is 5.76. The number of benzene rings is 3. The van der Waals surface area contributed by atoms with Crippen LogP contribution >= 0.6 is 0 Å². The Kier molecular flexibility index (Phi) is 3.66. The molecule has 0 spiro atoms. The summed E-state index contributed by atoms with van der Waals surface area (Å²) in [4.78, 5) is 0. The van der Waals surface area contributed by atoms with Crippen LogP contribution in [-0.2, 0) is 6.42 Å². The lowest BCUT2D eigenvalue weighted by Gasteiger charge is -2.12. The lowest BCUT2D eigenvalue weighted by molar-refractivity contribution is 0.600. The predicted molar refractivity (Wildman–Crippen MR) is 82.4 cm³/mol. The van der Waals surface area contributed by atoms with Gasteiger partial charge >= 0.3 is 0 Å². The molecule has 3 rings (SSSR count). The van der Waals surface area contributed by atoms with Gasteiger partial charge in [0.05, 0.1) is 12.0 Å². The Morgan fingerprint density at radius 1 is 0.905 bits per heavy atom. The van der Waals surface area contributed by atoms with E-state index in [0.717, 1.165) is 16.3 Å². The van der Waals surface area contributed by atoms with E-state index in [9.17, 15) is 9.65 Å². The van der Waals surface area contributed by atoms with Crippen LogP contribution in [0.4, 0.5) is 4.39 Å². The van der Waals surface area contributed by atoms with Crippen molar-refractivity contribution in [2.45, 2.75) is 12.3 Å². The van der Waals surface area contributed by atoms with E-state index in [0.29, 0.717) is 12.0 Å². The number of hydrogen-bond acceptors (Lipinski definition) is 1. The van der Waals surface area contributed by atoms with E-state index >= 15 is 0 Å². The summed E-state index contributed by atoms with van der Waals surface area (Å²) in [6.45, 7) is 0. The van der Waals surface area contributed by atoms with Gasteiger partial charge in [-0.1, -0.05) is 60.7 Å². The maximum atomic E-state index is 13.9. The lowest BCUT2D eigenvalue weighted by Crippen LogP contribution is -2.03. The smallest absolute Gasteiger partial charge is 0.127 e. The molecular formula is C19H14FN. The molecule has 0 aromatic heterocycles. The Bertz CT molecular complexity index is 812. The van der Waals surface area contributed by atoms with Gasteiger partial charge in [0.25, 0.3) is 0 Å². The number of nitriles is 1. The van der Waals surface area contributed by atoms with Gasteiger partial charge in [-0.2, -0.15) is 5.26 Å². The normalized spacial score (nSPS) is 12.0. The van der Waals surface area contributed by atoms with Crippen LogP contribution in [0.15, 0.2) is 66.7 Å². The number of halogens is 1. The first kappa shape index (κ1) is 13.3. The fourth-order valence-corrected chi connectivity index (χ4v) is 2.67. The highest BCUT2D eigenvalue weighted by Crippen LogP contribution is 2.27. The van der Waals surface area contributed by atoms with Crippen molar-refractivity contribution >= 4 is 10.8 Å². The molecule has 0 aliphatic heterocycles. The first-order chi connectivity index (χ1) is 10.3. The SMILES string of the molecule is N#CC(Cc1cccc2ccccc12)c1ccccc1F. The molecule has 0 amide bonds. The topological polar surface area (TPSA) is 23.8 Å². The maximum absolute atomic E-state index is 13.9. The number of rotatable bonds is 3. The van der Waals surface area contributed by atoms with Crippen LogP contribution in [0.25, 0.3) is 10.8 Å². The Morgan fingerprint density at radius 3 is 2.43 bits per heavy atom. The van der Waals surface area contributed by atoms with Gasteiger partial charge in [0.2, 0.25) is 0 Å². The zero-order valence-corrected chi connectivity index (χ0v) is 11.5. The minimum atomic E-state index is -0.475. The second-order valence-electron chi connectivity index (χ2n) is 5.05. The molecule has 0 fully saturated rings. The van der Waals surface area contributed by atoms with Crippen LogP contribution in [0.5, 0.6) is 0 Å². The van der Waals surface area contributed by atoms with Crippen LogP contribution in [0.1, 0.15) is 17.0 Å².